The van der Waals surface area contributed by atoms with Crippen molar-refractivity contribution in [1.29, 1.82) is 0 Å². The summed E-state index contributed by atoms with van der Waals surface area (Å²) >= 11 is 1.45. The van der Waals surface area contributed by atoms with Crippen molar-refractivity contribution in [2.24, 2.45) is 0 Å². The quantitative estimate of drug-likeness (QED) is 0.544. The maximum absolute atomic E-state index is 13.4. The number of carbonyl (C=O) groups is 1. The SMILES string of the molecule is CCC[C@@H]1CCCN1Cc1sc(CC(C)=O)nc1-c1ccc(C)c(C(F)(F)F)c1. The van der Waals surface area contributed by atoms with Crippen LogP contribution in [0.25, 0.3) is 11.3 Å². The highest BCUT2D eigenvalue weighted by molar-refractivity contribution is 7.12. The third-order valence-corrected chi connectivity index (χ3v) is 6.47. The van der Waals surface area contributed by atoms with E-state index in [9.17, 15) is 18.0 Å². The Morgan fingerprint density at radius 3 is 2.76 bits per heavy atom. The zero-order chi connectivity index (χ0) is 21.2. The molecular formula is C22H27F3N2OS. The lowest BCUT2D eigenvalue weighted by Crippen LogP contribution is -2.28. The first kappa shape index (κ1) is 22.0. The lowest BCUT2D eigenvalue weighted by Gasteiger charge is -2.23. The van der Waals surface area contributed by atoms with Crippen molar-refractivity contribution in [3.05, 3.63) is 39.2 Å². The minimum absolute atomic E-state index is 0.00164. The lowest BCUT2D eigenvalue weighted by molar-refractivity contribution is -0.138. The fraction of sp³-hybridized carbons (Fsp3) is 0.545. The van der Waals surface area contributed by atoms with Gasteiger partial charge in [0.05, 0.1) is 17.7 Å². The second-order valence-electron chi connectivity index (χ2n) is 7.84. The molecule has 0 radical (unpaired) electrons. The van der Waals surface area contributed by atoms with E-state index in [1.54, 1.807) is 6.07 Å². The van der Waals surface area contributed by atoms with Crippen molar-refractivity contribution in [2.45, 2.75) is 71.6 Å². The fourth-order valence-electron chi connectivity index (χ4n) is 4.04. The summed E-state index contributed by atoms with van der Waals surface area (Å²) in [6.45, 7) is 6.81. The van der Waals surface area contributed by atoms with Gasteiger partial charge in [-0.25, -0.2) is 4.98 Å². The molecule has 1 aliphatic heterocycles. The van der Waals surface area contributed by atoms with Gasteiger partial charge in [-0.3, -0.25) is 9.69 Å². The van der Waals surface area contributed by atoms with Gasteiger partial charge in [-0.05, 0) is 51.3 Å². The summed E-state index contributed by atoms with van der Waals surface area (Å²) in [4.78, 5) is 19.5. The molecule has 0 bridgehead atoms. The molecule has 1 aliphatic rings. The molecule has 0 aliphatic carbocycles. The Labute approximate surface area is 174 Å². The molecule has 2 aromatic rings. The van der Waals surface area contributed by atoms with Crippen molar-refractivity contribution < 1.29 is 18.0 Å². The predicted octanol–water partition coefficient (Wildman–Crippen LogP) is 6.03. The largest absolute Gasteiger partial charge is 0.416 e. The van der Waals surface area contributed by atoms with Crippen molar-refractivity contribution in [2.75, 3.05) is 6.54 Å². The van der Waals surface area contributed by atoms with Gasteiger partial charge in [0.2, 0.25) is 0 Å². The molecule has 1 aromatic heterocycles. The lowest BCUT2D eigenvalue weighted by atomic mass is 10.0. The maximum atomic E-state index is 13.4. The average molecular weight is 425 g/mol. The summed E-state index contributed by atoms with van der Waals surface area (Å²) in [5.74, 6) is 0.00164. The number of hydrogen-bond acceptors (Lipinski definition) is 4. The number of Topliss-reactive ketones (excluding diaryl/α,β-unsaturated/α-hetero) is 1. The van der Waals surface area contributed by atoms with Crippen LogP contribution in [0.3, 0.4) is 0 Å². The van der Waals surface area contributed by atoms with Crippen LogP contribution in [0.2, 0.25) is 0 Å². The van der Waals surface area contributed by atoms with Crippen LogP contribution in [-0.2, 0) is 23.9 Å². The number of nitrogens with zero attached hydrogens (tertiary/aromatic N) is 2. The first-order chi connectivity index (χ1) is 13.7. The Hall–Kier alpha value is -1.73. The molecular weight excluding hydrogens is 397 g/mol. The monoisotopic (exact) mass is 424 g/mol. The number of benzene rings is 1. The van der Waals surface area contributed by atoms with E-state index in [-0.39, 0.29) is 17.8 Å². The summed E-state index contributed by atoms with van der Waals surface area (Å²) in [5, 5.41) is 0.669. The van der Waals surface area contributed by atoms with Crippen LogP contribution in [-0.4, -0.2) is 28.3 Å². The van der Waals surface area contributed by atoms with Gasteiger partial charge in [-0.1, -0.05) is 25.5 Å². The number of carbonyl (C=O) groups excluding carboxylic acids is 1. The van der Waals surface area contributed by atoms with Gasteiger partial charge in [-0.15, -0.1) is 11.3 Å². The standard InChI is InChI=1S/C22H27F3N2OS/c1-4-6-17-7-5-10-27(17)13-19-21(26-20(29-19)11-15(3)28)16-9-8-14(2)18(12-16)22(23,24)25/h8-9,12,17H,4-7,10-11,13H2,1-3H3/t17-/m1/s1. The topological polar surface area (TPSA) is 33.2 Å². The number of alkyl halides is 3. The van der Waals surface area contributed by atoms with Crippen molar-refractivity contribution >= 4 is 17.1 Å². The molecule has 0 spiro atoms. The molecule has 158 valence electrons. The van der Waals surface area contributed by atoms with Gasteiger partial charge < -0.3 is 0 Å². The van der Waals surface area contributed by atoms with Gasteiger partial charge in [0.15, 0.2) is 0 Å². The number of aromatic nitrogens is 1. The van der Waals surface area contributed by atoms with Crippen LogP contribution in [0.1, 0.15) is 60.5 Å². The number of aryl methyl sites for hydroxylation is 1. The Morgan fingerprint density at radius 2 is 2.10 bits per heavy atom. The number of likely N-dealkylation sites (tertiary alicyclic amines) is 1. The van der Waals surface area contributed by atoms with E-state index in [1.165, 1.54) is 37.3 Å². The molecule has 1 atom stereocenters. The number of hydrogen-bond donors (Lipinski definition) is 0. The summed E-state index contributed by atoms with van der Waals surface area (Å²) in [6, 6.07) is 4.91. The van der Waals surface area contributed by atoms with Gasteiger partial charge in [0, 0.05) is 23.0 Å². The van der Waals surface area contributed by atoms with Gasteiger partial charge in [-0.2, -0.15) is 13.2 Å². The number of rotatable bonds is 7. The van der Waals surface area contributed by atoms with Gasteiger partial charge in [0.1, 0.15) is 10.8 Å². The van der Waals surface area contributed by atoms with E-state index in [2.05, 4.69) is 16.8 Å². The molecule has 0 unspecified atom stereocenters. The van der Waals surface area contributed by atoms with Crippen molar-refractivity contribution in [1.82, 2.24) is 9.88 Å². The molecule has 1 saturated heterocycles. The van der Waals surface area contributed by atoms with E-state index >= 15 is 0 Å². The molecule has 3 nitrogen and oxygen atoms in total. The second kappa shape index (κ2) is 8.96. The molecule has 0 N–H and O–H groups in total. The summed E-state index contributed by atoms with van der Waals surface area (Å²) in [7, 11) is 0. The van der Waals surface area contributed by atoms with Crippen molar-refractivity contribution in [3.63, 3.8) is 0 Å². The van der Waals surface area contributed by atoms with Gasteiger partial charge in [0.25, 0.3) is 0 Å². The van der Waals surface area contributed by atoms with Crippen molar-refractivity contribution in [3.8, 4) is 11.3 Å². The molecule has 1 aromatic carbocycles. The van der Waals surface area contributed by atoms with Crippen LogP contribution < -0.4 is 0 Å². The minimum Gasteiger partial charge on any atom is -0.300 e. The Morgan fingerprint density at radius 1 is 1.34 bits per heavy atom. The van der Waals surface area contributed by atoms with Crippen LogP contribution in [0.4, 0.5) is 13.2 Å². The fourth-order valence-corrected chi connectivity index (χ4v) is 5.23. The smallest absolute Gasteiger partial charge is 0.300 e. The Balaban J connectivity index is 1.99. The second-order valence-corrected chi connectivity index (χ2v) is 9.01. The molecule has 0 amide bonds. The van der Waals surface area contributed by atoms with E-state index in [1.807, 2.05) is 0 Å². The third-order valence-electron chi connectivity index (χ3n) is 5.43. The molecule has 3 rings (SSSR count). The first-order valence-electron chi connectivity index (χ1n) is 10.1. The van der Waals surface area contributed by atoms with Crippen LogP contribution in [0, 0.1) is 6.92 Å². The molecule has 1 fully saturated rings. The van der Waals surface area contributed by atoms with Gasteiger partial charge >= 0.3 is 6.18 Å². The normalized spacial score (nSPS) is 17.8. The Bertz CT molecular complexity index is 875. The Kier molecular flexibility index (Phi) is 6.79. The molecule has 7 heteroatoms. The molecule has 0 saturated carbocycles. The molecule has 2 heterocycles. The van der Waals surface area contributed by atoms with E-state index in [0.29, 0.717) is 28.9 Å². The highest BCUT2D eigenvalue weighted by Crippen LogP contribution is 2.37. The summed E-state index contributed by atoms with van der Waals surface area (Å²) in [6.07, 6.45) is 0.344. The summed E-state index contributed by atoms with van der Waals surface area (Å²) in [5.41, 5.74) is 0.616. The minimum atomic E-state index is -4.40. The highest BCUT2D eigenvalue weighted by Gasteiger charge is 2.33. The van der Waals surface area contributed by atoms with E-state index in [4.69, 9.17) is 0 Å². The maximum Gasteiger partial charge on any atom is 0.416 e. The predicted molar refractivity (Wildman–Crippen MR) is 110 cm³/mol. The van der Waals surface area contributed by atoms with Crippen LogP contribution in [0.15, 0.2) is 18.2 Å². The molecule has 29 heavy (non-hydrogen) atoms. The summed E-state index contributed by atoms with van der Waals surface area (Å²) < 4.78 is 40.2. The first-order valence-corrected chi connectivity index (χ1v) is 10.9. The van der Waals surface area contributed by atoms with E-state index < -0.39 is 11.7 Å². The third kappa shape index (κ3) is 5.25. The van der Waals surface area contributed by atoms with Crippen LogP contribution in [0.5, 0.6) is 0 Å². The van der Waals surface area contributed by atoms with Crippen LogP contribution >= 0.6 is 11.3 Å². The zero-order valence-corrected chi connectivity index (χ0v) is 17.9. The number of ketones is 1. The van der Waals surface area contributed by atoms with E-state index in [0.717, 1.165) is 37.1 Å². The number of halogens is 3. The zero-order valence-electron chi connectivity index (χ0n) is 17.1. The number of thiazole rings is 1. The average Bonchev–Trinajstić information content (AvgIpc) is 3.22. The highest BCUT2D eigenvalue weighted by atomic mass is 32.1.